The highest BCUT2D eigenvalue weighted by Crippen LogP contribution is 2.23. The quantitative estimate of drug-likeness (QED) is 0.449. The second-order valence-corrected chi connectivity index (χ2v) is 8.45. The van der Waals surface area contributed by atoms with Crippen molar-refractivity contribution >= 4 is 34.5 Å². The smallest absolute Gasteiger partial charge is 0.277 e. The zero-order valence-corrected chi connectivity index (χ0v) is 18.3. The van der Waals surface area contributed by atoms with E-state index in [0.29, 0.717) is 38.4 Å². The number of aryl methyl sites for hydroxylation is 2. The Labute approximate surface area is 186 Å². The molecule has 2 heterocycles. The summed E-state index contributed by atoms with van der Waals surface area (Å²) in [6.07, 6.45) is 0.452. The monoisotopic (exact) mass is 456 g/mol. The third kappa shape index (κ3) is 4.45. The lowest BCUT2D eigenvalue weighted by Crippen LogP contribution is -2.17. The molecule has 1 amide bonds. The van der Waals surface area contributed by atoms with Gasteiger partial charge in [0.1, 0.15) is 10.7 Å². The molecular formula is C22H18ClFN4O2S. The molecule has 0 bridgehead atoms. The van der Waals surface area contributed by atoms with Gasteiger partial charge in [-0.3, -0.25) is 14.7 Å². The molecule has 0 aliphatic heterocycles. The van der Waals surface area contributed by atoms with Crippen molar-refractivity contribution < 1.29 is 9.18 Å². The molecular weight excluding hydrogens is 439 g/mol. The lowest BCUT2D eigenvalue weighted by atomic mass is 10.1. The van der Waals surface area contributed by atoms with Gasteiger partial charge in [-0.2, -0.15) is 4.68 Å². The van der Waals surface area contributed by atoms with Gasteiger partial charge in [-0.25, -0.2) is 9.37 Å². The van der Waals surface area contributed by atoms with Crippen molar-refractivity contribution in [3.05, 3.63) is 97.1 Å². The molecule has 0 saturated heterocycles. The van der Waals surface area contributed by atoms with Crippen molar-refractivity contribution in [2.45, 2.75) is 20.3 Å². The zero-order valence-electron chi connectivity index (χ0n) is 16.7. The van der Waals surface area contributed by atoms with Crippen molar-refractivity contribution in [1.29, 1.82) is 0 Å². The number of nitrogens with zero attached hydrogens (tertiary/aromatic N) is 2. The molecule has 31 heavy (non-hydrogen) atoms. The van der Waals surface area contributed by atoms with Gasteiger partial charge >= 0.3 is 0 Å². The molecule has 4 aromatic rings. The summed E-state index contributed by atoms with van der Waals surface area (Å²) in [5, 5.41) is 6.77. The maximum Gasteiger partial charge on any atom is 0.277 e. The highest BCUT2D eigenvalue weighted by molar-refractivity contribution is 7.16. The van der Waals surface area contributed by atoms with Crippen molar-refractivity contribution in [3.63, 3.8) is 0 Å². The van der Waals surface area contributed by atoms with E-state index in [1.54, 1.807) is 19.1 Å². The average molecular weight is 457 g/mol. The number of aromatic nitrogens is 3. The summed E-state index contributed by atoms with van der Waals surface area (Å²) in [5.41, 5.74) is 3.06. The summed E-state index contributed by atoms with van der Waals surface area (Å²) < 4.78 is 14.4. The number of aromatic amines is 1. The van der Waals surface area contributed by atoms with Crippen LogP contribution in [0.25, 0.3) is 5.13 Å². The number of H-pyrrole nitrogens is 1. The first-order valence-electron chi connectivity index (χ1n) is 9.41. The Kier molecular flexibility index (Phi) is 5.75. The first-order chi connectivity index (χ1) is 14.8. The fourth-order valence-corrected chi connectivity index (χ4v) is 4.19. The predicted octanol–water partition coefficient (Wildman–Crippen LogP) is 4.87. The molecule has 2 aromatic heterocycles. The minimum Gasteiger partial charge on any atom is -0.321 e. The number of hydrogen-bond acceptors (Lipinski definition) is 4. The number of nitrogens with one attached hydrogen (secondary N) is 2. The Hall–Kier alpha value is -3.23. The molecule has 158 valence electrons. The fourth-order valence-electron chi connectivity index (χ4n) is 3.14. The molecule has 2 N–H and O–H groups in total. The van der Waals surface area contributed by atoms with Crippen LogP contribution in [0, 0.1) is 19.7 Å². The number of anilines is 1. The molecule has 0 atom stereocenters. The molecule has 0 radical (unpaired) electrons. The number of halogens is 2. The summed E-state index contributed by atoms with van der Waals surface area (Å²) in [4.78, 5) is 30.4. The van der Waals surface area contributed by atoms with E-state index in [1.165, 1.54) is 28.9 Å². The standard InChI is InChI=1S/C22H18ClFN4O2S/c1-12-18(11-14-3-5-15(23)6-4-14)21(30)28(27-12)22-25-13(2)19(31-22)20(29)26-17-9-7-16(24)8-10-17/h3-10,27H,11H2,1-2H3,(H,26,29). The van der Waals surface area contributed by atoms with Gasteiger partial charge in [-0.05, 0) is 55.8 Å². The molecule has 4 rings (SSSR count). The van der Waals surface area contributed by atoms with Crippen LogP contribution in [-0.4, -0.2) is 20.7 Å². The number of benzene rings is 2. The second-order valence-electron chi connectivity index (χ2n) is 7.03. The van der Waals surface area contributed by atoms with Crippen molar-refractivity contribution in [2.24, 2.45) is 0 Å². The van der Waals surface area contributed by atoms with Gasteiger partial charge in [0.15, 0.2) is 0 Å². The van der Waals surface area contributed by atoms with Crippen LogP contribution < -0.4 is 10.9 Å². The second kappa shape index (κ2) is 8.49. The van der Waals surface area contributed by atoms with Crippen LogP contribution in [0.3, 0.4) is 0 Å². The van der Waals surface area contributed by atoms with Gasteiger partial charge in [-0.15, -0.1) is 0 Å². The third-order valence-corrected chi connectivity index (χ3v) is 6.17. The predicted molar refractivity (Wildman–Crippen MR) is 120 cm³/mol. The Morgan fingerprint density at radius 1 is 1.16 bits per heavy atom. The molecule has 0 aliphatic rings. The maximum atomic E-state index is 13.1. The van der Waals surface area contributed by atoms with Gasteiger partial charge in [-0.1, -0.05) is 35.1 Å². The highest BCUT2D eigenvalue weighted by atomic mass is 35.5. The first kappa shape index (κ1) is 21.0. The topological polar surface area (TPSA) is 79.8 Å². The van der Waals surface area contributed by atoms with Gasteiger partial charge in [0.25, 0.3) is 11.5 Å². The van der Waals surface area contributed by atoms with Crippen LogP contribution in [0.5, 0.6) is 0 Å². The summed E-state index contributed by atoms with van der Waals surface area (Å²) in [6.45, 7) is 3.53. The van der Waals surface area contributed by atoms with Crippen LogP contribution in [-0.2, 0) is 6.42 Å². The molecule has 0 fully saturated rings. The van der Waals surface area contributed by atoms with E-state index in [9.17, 15) is 14.0 Å². The van der Waals surface area contributed by atoms with E-state index in [4.69, 9.17) is 11.6 Å². The van der Waals surface area contributed by atoms with Crippen molar-refractivity contribution in [1.82, 2.24) is 14.8 Å². The van der Waals surface area contributed by atoms with E-state index >= 15 is 0 Å². The lowest BCUT2D eigenvalue weighted by Gasteiger charge is -2.03. The fraction of sp³-hybridized carbons (Fsp3) is 0.136. The minimum absolute atomic E-state index is 0.216. The van der Waals surface area contributed by atoms with Crippen molar-refractivity contribution in [3.8, 4) is 5.13 Å². The lowest BCUT2D eigenvalue weighted by molar-refractivity contribution is 0.103. The Balaban J connectivity index is 1.60. The van der Waals surface area contributed by atoms with E-state index in [-0.39, 0.29) is 17.3 Å². The van der Waals surface area contributed by atoms with Crippen LogP contribution >= 0.6 is 22.9 Å². The maximum absolute atomic E-state index is 13.1. The number of carbonyl (C=O) groups excluding carboxylic acids is 1. The number of amides is 1. The first-order valence-corrected chi connectivity index (χ1v) is 10.6. The van der Waals surface area contributed by atoms with Crippen LogP contribution in [0.15, 0.2) is 53.3 Å². The number of rotatable bonds is 5. The van der Waals surface area contributed by atoms with Gasteiger partial charge < -0.3 is 5.32 Å². The van der Waals surface area contributed by atoms with E-state index in [0.717, 1.165) is 22.6 Å². The Morgan fingerprint density at radius 3 is 2.52 bits per heavy atom. The highest BCUT2D eigenvalue weighted by Gasteiger charge is 2.20. The SMILES string of the molecule is Cc1nc(-n2[nH]c(C)c(Cc3ccc(Cl)cc3)c2=O)sc1C(=O)Nc1ccc(F)cc1. The number of carbonyl (C=O) groups is 1. The van der Waals surface area contributed by atoms with Crippen LogP contribution in [0.4, 0.5) is 10.1 Å². The summed E-state index contributed by atoms with van der Waals surface area (Å²) in [6, 6.07) is 12.8. The summed E-state index contributed by atoms with van der Waals surface area (Å²) in [7, 11) is 0. The molecule has 0 aliphatic carbocycles. The minimum atomic E-state index is -0.384. The van der Waals surface area contributed by atoms with Crippen LogP contribution in [0.1, 0.15) is 32.2 Å². The van der Waals surface area contributed by atoms with Gasteiger partial charge in [0, 0.05) is 28.4 Å². The number of hydrogen-bond donors (Lipinski definition) is 2. The normalized spacial score (nSPS) is 11.0. The Bertz CT molecular complexity index is 1310. The Morgan fingerprint density at radius 2 is 1.84 bits per heavy atom. The largest absolute Gasteiger partial charge is 0.321 e. The van der Waals surface area contributed by atoms with Gasteiger partial charge in [0.2, 0.25) is 5.13 Å². The van der Waals surface area contributed by atoms with E-state index < -0.39 is 0 Å². The van der Waals surface area contributed by atoms with Gasteiger partial charge in [0.05, 0.1) is 5.69 Å². The number of thiazole rings is 1. The zero-order chi connectivity index (χ0) is 22.1. The van der Waals surface area contributed by atoms with Crippen molar-refractivity contribution in [2.75, 3.05) is 5.32 Å². The molecule has 0 saturated carbocycles. The molecule has 0 spiro atoms. The average Bonchev–Trinajstić information content (AvgIpc) is 3.26. The molecule has 9 heteroatoms. The van der Waals surface area contributed by atoms with Crippen LogP contribution in [0.2, 0.25) is 5.02 Å². The third-order valence-electron chi connectivity index (χ3n) is 4.77. The summed E-state index contributed by atoms with van der Waals surface area (Å²) in [5.74, 6) is -0.754. The molecule has 2 aromatic carbocycles. The van der Waals surface area contributed by atoms with E-state index in [1.807, 2.05) is 19.1 Å². The molecule has 6 nitrogen and oxygen atoms in total. The molecule has 0 unspecified atom stereocenters. The van der Waals surface area contributed by atoms with E-state index in [2.05, 4.69) is 15.4 Å². The summed E-state index contributed by atoms with van der Waals surface area (Å²) >= 11 is 7.04.